The number of amidine groups is 1. The van der Waals surface area contributed by atoms with Crippen LogP contribution >= 0.6 is 0 Å². The highest BCUT2D eigenvalue weighted by Crippen LogP contribution is 2.06. The summed E-state index contributed by atoms with van der Waals surface area (Å²) in [6, 6.07) is 3.31. The van der Waals surface area contributed by atoms with Crippen LogP contribution in [0.5, 0.6) is 0 Å². The van der Waals surface area contributed by atoms with Crippen LogP contribution < -0.4 is 5.73 Å². The lowest BCUT2D eigenvalue weighted by molar-refractivity contribution is 0.0733. The Morgan fingerprint density at radius 1 is 1.65 bits per heavy atom. The van der Waals surface area contributed by atoms with Crippen LogP contribution in [0.4, 0.5) is 0 Å². The maximum atomic E-state index is 12.1. The highest BCUT2D eigenvalue weighted by molar-refractivity contribution is 5.96. The summed E-state index contributed by atoms with van der Waals surface area (Å²) in [5.41, 5.74) is 5.90. The average molecular weight is 236 g/mol. The maximum absolute atomic E-state index is 12.1. The summed E-state index contributed by atoms with van der Waals surface area (Å²) in [5, 5.41) is 11.4. The van der Waals surface area contributed by atoms with Crippen LogP contribution in [0.2, 0.25) is 0 Å². The van der Waals surface area contributed by atoms with E-state index >= 15 is 0 Å². The lowest BCUT2D eigenvalue weighted by Crippen LogP contribution is -2.42. The zero-order valence-electron chi connectivity index (χ0n) is 9.87. The molecule has 1 aromatic rings. The Bertz CT molecular complexity index is 403. The second kappa shape index (κ2) is 5.83. The van der Waals surface area contributed by atoms with Crippen molar-refractivity contribution in [3.05, 3.63) is 30.1 Å². The molecule has 0 aliphatic carbocycles. The largest absolute Gasteiger partial charge is 0.409 e. The molecule has 0 saturated carbocycles. The number of pyridine rings is 1. The Morgan fingerprint density at radius 2 is 2.35 bits per heavy atom. The summed E-state index contributed by atoms with van der Waals surface area (Å²) in [7, 11) is 0. The molecule has 0 spiro atoms. The Balaban J connectivity index is 2.89. The van der Waals surface area contributed by atoms with Crippen LogP contribution in [0.25, 0.3) is 0 Å². The summed E-state index contributed by atoms with van der Waals surface area (Å²) >= 11 is 0. The van der Waals surface area contributed by atoms with E-state index < -0.39 is 0 Å². The lowest BCUT2D eigenvalue weighted by Gasteiger charge is -2.25. The van der Waals surface area contributed by atoms with Crippen molar-refractivity contribution in [1.82, 2.24) is 9.88 Å². The quantitative estimate of drug-likeness (QED) is 0.348. The molecule has 0 aromatic carbocycles. The number of hydrogen-bond acceptors (Lipinski definition) is 4. The fourth-order valence-corrected chi connectivity index (χ4v) is 1.35. The van der Waals surface area contributed by atoms with E-state index in [1.165, 1.54) is 11.1 Å². The minimum Gasteiger partial charge on any atom is -0.409 e. The topological polar surface area (TPSA) is 91.8 Å². The van der Waals surface area contributed by atoms with Crippen LogP contribution in [0.1, 0.15) is 24.2 Å². The highest BCUT2D eigenvalue weighted by atomic mass is 16.4. The zero-order valence-corrected chi connectivity index (χ0v) is 9.87. The van der Waals surface area contributed by atoms with E-state index in [1.807, 2.05) is 13.8 Å². The van der Waals surface area contributed by atoms with Gasteiger partial charge in [0, 0.05) is 18.4 Å². The fraction of sp³-hybridized carbons (Fsp3) is 0.364. The van der Waals surface area contributed by atoms with Crippen LogP contribution in [0.3, 0.4) is 0 Å². The van der Waals surface area contributed by atoms with E-state index in [9.17, 15) is 4.79 Å². The molecular formula is C11H16N4O2. The van der Waals surface area contributed by atoms with Gasteiger partial charge in [-0.1, -0.05) is 5.16 Å². The number of carbonyl (C=O) groups is 1. The number of nitrogens with two attached hydrogens (primary N) is 1. The van der Waals surface area contributed by atoms with Gasteiger partial charge in [-0.05, 0) is 26.0 Å². The maximum Gasteiger partial charge on any atom is 0.256 e. The van der Waals surface area contributed by atoms with E-state index in [4.69, 9.17) is 10.9 Å². The van der Waals surface area contributed by atoms with E-state index in [0.717, 1.165) is 0 Å². The number of aromatic nitrogens is 1. The molecule has 1 aromatic heterocycles. The fourth-order valence-electron chi connectivity index (χ4n) is 1.35. The Kier molecular flexibility index (Phi) is 4.45. The van der Waals surface area contributed by atoms with Crippen LogP contribution in [0.15, 0.2) is 29.7 Å². The van der Waals surface area contributed by atoms with Crippen LogP contribution in [0, 0.1) is 0 Å². The standard InChI is InChI=1S/C11H16N4O2/c1-8(2)15(7-10(12)14-17)11(16)9-4-3-5-13-6-9/h3-6,8,17H,7H2,1-2H3,(H2,12,14). The van der Waals surface area contributed by atoms with Crippen molar-refractivity contribution < 1.29 is 10.0 Å². The van der Waals surface area contributed by atoms with Gasteiger partial charge in [-0.25, -0.2) is 0 Å². The summed E-state index contributed by atoms with van der Waals surface area (Å²) in [6.07, 6.45) is 3.09. The molecule has 0 fully saturated rings. The van der Waals surface area contributed by atoms with Gasteiger partial charge in [0.1, 0.15) is 0 Å². The number of oxime groups is 1. The van der Waals surface area contributed by atoms with E-state index in [0.29, 0.717) is 5.56 Å². The third-order valence-corrected chi connectivity index (χ3v) is 2.25. The molecule has 0 saturated heterocycles. The number of hydrogen-bond donors (Lipinski definition) is 2. The molecule has 1 heterocycles. The Morgan fingerprint density at radius 3 is 2.82 bits per heavy atom. The summed E-state index contributed by atoms with van der Waals surface area (Å²) in [4.78, 5) is 17.5. The number of rotatable bonds is 4. The van der Waals surface area contributed by atoms with Gasteiger partial charge in [0.25, 0.3) is 5.91 Å². The SMILES string of the molecule is CC(C)N(CC(N)=NO)C(=O)c1cccnc1. The van der Waals surface area contributed by atoms with Gasteiger partial charge >= 0.3 is 0 Å². The minimum absolute atomic E-state index is 0.00376. The van der Waals surface area contributed by atoms with Gasteiger partial charge in [-0.2, -0.15) is 0 Å². The molecule has 0 aliphatic heterocycles. The van der Waals surface area contributed by atoms with Gasteiger partial charge in [-0.3, -0.25) is 9.78 Å². The number of carbonyl (C=O) groups excluding carboxylic acids is 1. The van der Waals surface area contributed by atoms with Crippen molar-refractivity contribution >= 4 is 11.7 Å². The van der Waals surface area contributed by atoms with Crippen molar-refractivity contribution in [3.8, 4) is 0 Å². The molecule has 92 valence electrons. The van der Waals surface area contributed by atoms with Gasteiger partial charge in [0.15, 0.2) is 5.84 Å². The first-order valence-electron chi connectivity index (χ1n) is 5.23. The van der Waals surface area contributed by atoms with Crippen molar-refractivity contribution in [3.63, 3.8) is 0 Å². The predicted octanol–water partition coefficient (Wildman–Crippen LogP) is 0.679. The second-order valence-electron chi connectivity index (χ2n) is 3.86. The van der Waals surface area contributed by atoms with Crippen molar-refractivity contribution in [2.75, 3.05) is 6.54 Å². The molecule has 1 amide bonds. The van der Waals surface area contributed by atoms with E-state index in [2.05, 4.69) is 10.1 Å². The minimum atomic E-state index is -0.195. The Hall–Kier alpha value is -2.11. The van der Waals surface area contributed by atoms with Crippen molar-refractivity contribution in [1.29, 1.82) is 0 Å². The zero-order chi connectivity index (χ0) is 12.8. The first kappa shape index (κ1) is 13.0. The molecule has 0 radical (unpaired) electrons. The number of amides is 1. The lowest BCUT2D eigenvalue weighted by atomic mass is 10.2. The van der Waals surface area contributed by atoms with E-state index in [-0.39, 0.29) is 24.3 Å². The average Bonchev–Trinajstić information content (AvgIpc) is 2.35. The van der Waals surface area contributed by atoms with Gasteiger partial charge in [0.05, 0.1) is 12.1 Å². The first-order valence-corrected chi connectivity index (χ1v) is 5.23. The van der Waals surface area contributed by atoms with Crippen LogP contribution in [-0.4, -0.2) is 39.4 Å². The Labute approximate surface area is 99.7 Å². The third-order valence-electron chi connectivity index (χ3n) is 2.25. The molecule has 0 atom stereocenters. The van der Waals surface area contributed by atoms with E-state index in [1.54, 1.807) is 18.3 Å². The summed E-state index contributed by atoms with van der Waals surface area (Å²) < 4.78 is 0. The highest BCUT2D eigenvalue weighted by Gasteiger charge is 2.19. The smallest absolute Gasteiger partial charge is 0.256 e. The molecule has 3 N–H and O–H groups in total. The molecule has 0 aliphatic rings. The normalized spacial score (nSPS) is 11.6. The molecule has 0 unspecified atom stereocenters. The van der Waals surface area contributed by atoms with Gasteiger partial charge < -0.3 is 15.8 Å². The van der Waals surface area contributed by atoms with Crippen molar-refractivity contribution in [2.45, 2.75) is 19.9 Å². The third kappa shape index (κ3) is 3.44. The van der Waals surface area contributed by atoms with Crippen molar-refractivity contribution in [2.24, 2.45) is 10.9 Å². The van der Waals surface area contributed by atoms with Crippen LogP contribution in [-0.2, 0) is 0 Å². The molecular weight excluding hydrogens is 220 g/mol. The molecule has 0 bridgehead atoms. The number of nitrogens with zero attached hydrogens (tertiary/aromatic N) is 3. The van der Waals surface area contributed by atoms with Gasteiger partial charge in [0.2, 0.25) is 0 Å². The van der Waals surface area contributed by atoms with Gasteiger partial charge in [-0.15, -0.1) is 0 Å². The second-order valence-corrected chi connectivity index (χ2v) is 3.86. The molecule has 17 heavy (non-hydrogen) atoms. The first-order chi connectivity index (χ1) is 8.06. The predicted molar refractivity (Wildman–Crippen MR) is 63.8 cm³/mol. The summed E-state index contributed by atoms with van der Waals surface area (Å²) in [5.74, 6) is -0.198. The molecule has 1 rings (SSSR count). The molecule has 6 heteroatoms. The summed E-state index contributed by atoms with van der Waals surface area (Å²) in [6.45, 7) is 3.81. The monoisotopic (exact) mass is 236 g/mol. The molecule has 6 nitrogen and oxygen atoms in total.